The number of aliphatic imine (C=N–C) groups is 1. The Kier molecular flexibility index (Phi) is 7.32. The summed E-state index contributed by atoms with van der Waals surface area (Å²) in [4.78, 5) is 5.52. The van der Waals surface area contributed by atoms with Gasteiger partial charge in [-0.05, 0) is 36.8 Å². The van der Waals surface area contributed by atoms with E-state index in [2.05, 4.69) is 10.3 Å². The normalized spacial score (nSPS) is 11.0. The van der Waals surface area contributed by atoms with Gasteiger partial charge in [-0.1, -0.05) is 23.7 Å². The van der Waals surface area contributed by atoms with Crippen molar-refractivity contribution in [2.45, 2.75) is 13.3 Å². The van der Waals surface area contributed by atoms with Crippen LogP contribution in [0.5, 0.6) is 0 Å². The Bertz CT molecular complexity index is 583. The predicted octanol–water partition coefficient (Wildman–Crippen LogP) is 4.30. The SMILES string of the molecule is Cc1cccc(NC(N)=NCCc2ccc(Cl)s2)c1.I. The first kappa shape index (κ1) is 17.3. The van der Waals surface area contributed by atoms with E-state index in [9.17, 15) is 0 Å². The van der Waals surface area contributed by atoms with E-state index in [-0.39, 0.29) is 24.0 Å². The van der Waals surface area contributed by atoms with E-state index in [0.717, 1.165) is 16.4 Å². The van der Waals surface area contributed by atoms with Gasteiger partial charge in [0.1, 0.15) is 0 Å². The quantitative estimate of drug-likeness (QED) is 0.439. The Morgan fingerprint density at radius 3 is 2.80 bits per heavy atom. The summed E-state index contributed by atoms with van der Waals surface area (Å²) < 4.78 is 0.810. The molecule has 3 N–H and O–H groups in total. The number of guanidine groups is 1. The van der Waals surface area contributed by atoms with E-state index < -0.39 is 0 Å². The molecule has 6 heteroatoms. The number of anilines is 1. The molecule has 0 radical (unpaired) electrons. The molecular formula is C14H17ClIN3S. The summed E-state index contributed by atoms with van der Waals surface area (Å²) in [6.07, 6.45) is 0.855. The third-order valence-corrected chi connectivity index (χ3v) is 3.85. The molecule has 0 saturated carbocycles. The lowest BCUT2D eigenvalue weighted by atomic mass is 10.2. The molecule has 0 bridgehead atoms. The Balaban J connectivity index is 0.00000200. The van der Waals surface area contributed by atoms with E-state index in [4.69, 9.17) is 17.3 Å². The average molecular weight is 422 g/mol. The topological polar surface area (TPSA) is 50.4 Å². The van der Waals surface area contributed by atoms with E-state index in [1.165, 1.54) is 10.4 Å². The standard InChI is InChI=1S/C14H16ClN3S.HI/c1-10-3-2-4-11(9-10)18-14(16)17-8-7-12-5-6-13(15)19-12;/h2-6,9H,7-8H2,1H3,(H3,16,17,18);1H. The molecule has 1 heterocycles. The zero-order valence-corrected chi connectivity index (χ0v) is 15.0. The lowest BCUT2D eigenvalue weighted by molar-refractivity contribution is 0.983. The fourth-order valence-electron chi connectivity index (χ4n) is 1.68. The van der Waals surface area contributed by atoms with Gasteiger partial charge in [0.05, 0.1) is 4.34 Å². The number of benzene rings is 1. The number of nitrogens with zero attached hydrogens (tertiary/aromatic N) is 1. The molecule has 0 aliphatic rings. The van der Waals surface area contributed by atoms with Crippen LogP contribution in [0, 0.1) is 6.92 Å². The predicted molar refractivity (Wildman–Crippen MR) is 99.7 cm³/mol. The molecular weight excluding hydrogens is 405 g/mol. The summed E-state index contributed by atoms with van der Waals surface area (Å²) in [7, 11) is 0. The largest absolute Gasteiger partial charge is 0.370 e. The number of aryl methyl sites for hydroxylation is 1. The second kappa shape index (κ2) is 8.49. The third-order valence-electron chi connectivity index (χ3n) is 2.56. The molecule has 108 valence electrons. The first-order valence-electron chi connectivity index (χ1n) is 6.01. The minimum absolute atomic E-state index is 0. The molecule has 0 fully saturated rings. The van der Waals surface area contributed by atoms with Gasteiger partial charge in [-0.2, -0.15) is 0 Å². The zero-order valence-electron chi connectivity index (χ0n) is 11.1. The second-order valence-corrected chi connectivity index (χ2v) is 6.02. The molecule has 0 amide bonds. The van der Waals surface area contributed by atoms with Crippen LogP contribution in [0.3, 0.4) is 0 Å². The molecule has 2 rings (SSSR count). The lowest BCUT2D eigenvalue weighted by Gasteiger charge is -2.06. The van der Waals surface area contributed by atoms with Gasteiger partial charge in [0.15, 0.2) is 5.96 Å². The molecule has 0 spiro atoms. The van der Waals surface area contributed by atoms with Crippen molar-refractivity contribution in [3.05, 3.63) is 51.2 Å². The van der Waals surface area contributed by atoms with Gasteiger partial charge in [0.25, 0.3) is 0 Å². The Hall–Kier alpha value is -0.790. The Labute approximate surface area is 145 Å². The minimum Gasteiger partial charge on any atom is -0.370 e. The highest BCUT2D eigenvalue weighted by Gasteiger charge is 1.98. The van der Waals surface area contributed by atoms with Crippen molar-refractivity contribution in [2.75, 3.05) is 11.9 Å². The van der Waals surface area contributed by atoms with Gasteiger partial charge in [0.2, 0.25) is 0 Å². The summed E-state index contributed by atoms with van der Waals surface area (Å²) in [6.45, 7) is 2.69. The van der Waals surface area contributed by atoms with Crippen LogP contribution < -0.4 is 11.1 Å². The highest BCUT2D eigenvalue weighted by molar-refractivity contribution is 14.0. The number of nitrogens with one attached hydrogen (secondary N) is 1. The van der Waals surface area contributed by atoms with Crippen LogP contribution in [0.15, 0.2) is 41.4 Å². The molecule has 1 aromatic heterocycles. The maximum Gasteiger partial charge on any atom is 0.193 e. The van der Waals surface area contributed by atoms with Crippen molar-refractivity contribution in [1.82, 2.24) is 0 Å². The van der Waals surface area contributed by atoms with Crippen molar-refractivity contribution >= 4 is 58.6 Å². The second-order valence-electron chi connectivity index (χ2n) is 4.22. The summed E-state index contributed by atoms with van der Waals surface area (Å²) in [6, 6.07) is 11.9. The van der Waals surface area contributed by atoms with Crippen LogP contribution in [-0.4, -0.2) is 12.5 Å². The molecule has 3 nitrogen and oxygen atoms in total. The van der Waals surface area contributed by atoms with E-state index >= 15 is 0 Å². The average Bonchev–Trinajstić information content (AvgIpc) is 2.75. The van der Waals surface area contributed by atoms with Crippen LogP contribution in [0.1, 0.15) is 10.4 Å². The highest BCUT2D eigenvalue weighted by Crippen LogP contribution is 2.21. The Morgan fingerprint density at radius 2 is 2.15 bits per heavy atom. The van der Waals surface area contributed by atoms with Crippen LogP contribution >= 0.6 is 46.9 Å². The molecule has 20 heavy (non-hydrogen) atoms. The van der Waals surface area contributed by atoms with E-state index in [1.807, 2.05) is 43.3 Å². The van der Waals surface area contributed by atoms with Gasteiger partial charge in [-0.25, -0.2) is 0 Å². The van der Waals surface area contributed by atoms with Crippen molar-refractivity contribution in [2.24, 2.45) is 10.7 Å². The smallest absolute Gasteiger partial charge is 0.193 e. The highest BCUT2D eigenvalue weighted by atomic mass is 127. The summed E-state index contributed by atoms with van der Waals surface area (Å²) in [5.41, 5.74) is 7.99. The van der Waals surface area contributed by atoms with Crippen LogP contribution in [0.25, 0.3) is 0 Å². The first-order valence-corrected chi connectivity index (χ1v) is 7.21. The Morgan fingerprint density at radius 1 is 1.35 bits per heavy atom. The van der Waals surface area contributed by atoms with E-state index in [1.54, 1.807) is 11.3 Å². The van der Waals surface area contributed by atoms with Crippen LogP contribution in [-0.2, 0) is 6.42 Å². The number of hydrogen-bond donors (Lipinski definition) is 2. The summed E-state index contributed by atoms with van der Waals surface area (Å²) >= 11 is 7.45. The molecule has 2 aromatic rings. The molecule has 0 aliphatic carbocycles. The van der Waals surface area contributed by atoms with Gasteiger partial charge < -0.3 is 11.1 Å². The minimum atomic E-state index is 0. The molecule has 0 unspecified atom stereocenters. The van der Waals surface area contributed by atoms with Gasteiger partial charge in [-0.3, -0.25) is 4.99 Å². The summed E-state index contributed by atoms with van der Waals surface area (Å²) in [5.74, 6) is 0.438. The fraction of sp³-hybridized carbons (Fsp3) is 0.214. The van der Waals surface area contributed by atoms with Gasteiger partial charge in [-0.15, -0.1) is 35.3 Å². The van der Waals surface area contributed by atoms with Crippen molar-refractivity contribution < 1.29 is 0 Å². The van der Waals surface area contributed by atoms with E-state index in [0.29, 0.717) is 12.5 Å². The van der Waals surface area contributed by atoms with Crippen LogP contribution in [0.2, 0.25) is 4.34 Å². The van der Waals surface area contributed by atoms with Crippen LogP contribution in [0.4, 0.5) is 5.69 Å². The van der Waals surface area contributed by atoms with Gasteiger partial charge in [0, 0.05) is 23.5 Å². The third kappa shape index (κ3) is 5.68. The maximum atomic E-state index is 5.87. The first-order chi connectivity index (χ1) is 9.13. The number of nitrogens with two attached hydrogens (primary N) is 1. The summed E-state index contributed by atoms with van der Waals surface area (Å²) in [5, 5.41) is 3.08. The molecule has 0 atom stereocenters. The van der Waals surface area contributed by atoms with Gasteiger partial charge >= 0.3 is 0 Å². The lowest BCUT2D eigenvalue weighted by Crippen LogP contribution is -2.23. The molecule has 0 saturated heterocycles. The number of hydrogen-bond acceptors (Lipinski definition) is 2. The zero-order chi connectivity index (χ0) is 13.7. The monoisotopic (exact) mass is 421 g/mol. The molecule has 0 aliphatic heterocycles. The maximum absolute atomic E-state index is 5.87. The number of thiophene rings is 1. The number of halogens is 2. The number of rotatable bonds is 4. The molecule has 1 aromatic carbocycles. The fourth-order valence-corrected chi connectivity index (χ4v) is 2.76. The van der Waals surface area contributed by atoms with Crippen molar-refractivity contribution in [3.63, 3.8) is 0 Å². The van der Waals surface area contributed by atoms with Crippen molar-refractivity contribution in [3.8, 4) is 0 Å². The van der Waals surface area contributed by atoms with Crippen molar-refractivity contribution in [1.29, 1.82) is 0 Å².